The molecule has 0 atom stereocenters. The molecular weight excluding hydrogens is 689 g/mol. The maximum absolute atomic E-state index is 5.14. The molecule has 0 N–H and O–H groups in total. The molecule has 2 heterocycles. The quantitative estimate of drug-likeness (QED) is 0.131. The minimum atomic E-state index is 0.990. The van der Waals surface area contributed by atoms with Crippen LogP contribution < -0.4 is 0 Å². The van der Waals surface area contributed by atoms with Gasteiger partial charge in [-0.25, -0.2) is 4.98 Å². The van der Waals surface area contributed by atoms with Gasteiger partial charge in [0.2, 0.25) is 0 Å². The van der Waals surface area contributed by atoms with Gasteiger partial charge in [0.25, 0.3) is 0 Å². The molecule has 2 nitrogen and oxygen atoms in total. The maximum atomic E-state index is 5.14. The van der Waals surface area contributed by atoms with Gasteiger partial charge in [-0.2, -0.15) is 0 Å². The van der Waals surface area contributed by atoms with Crippen molar-refractivity contribution < 1.29 is 0 Å². The van der Waals surface area contributed by atoms with Crippen LogP contribution in [-0.2, 0) is 0 Å². The number of benzene rings is 10. The third-order valence-electron chi connectivity index (χ3n) is 11.9. The first-order chi connectivity index (χ1) is 28.3. The Bertz CT molecular complexity index is 3580. The standard InChI is InChI=1S/C55H34N2/c1-2-13-35(14-3-1)39-27-29-46-49(34-39)54(45-21-7-6-20-44(45)53(46)42-26-25-36-15-4-5-16-37(36)31-42)41-18-12-17-38(32-41)40-28-30-47-48(33-40)43-19-8-10-23-51(43)57-52-24-11-9-22-50(52)56-55(47)57/h1-34H. The van der Waals surface area contributed by atoms with Crippen LogP contribution in [0.4, 0.5) is 0 Å². The minimum Gasteiger partial charge on any atom is -0.292 e. The molecule has 0 fully saturated rings. The zero-order valence-electron chi connectivity index (χ0n) is 31.0. The van der Waals surface area contributed by atoms with Gasteiger partial charge in [-0.3, -0.25) is 4.40 Å². The molecule has 264 valence electrons. The lowest BCUT2D eigenvalue weighted by Crippen LogP contribution is -1.93. The fraction of sp³-hybridized carbons (Fsp3) is 0. The number of hydrogen-bond acceptors (Lipinski definition) is 1. The molecule has 0 amide bonds. The van der Waals surface area contributed by atoms with Crippen LogP contribution in [0.1, 0.15) is 0 Å². The highest BCUT2D eigenvalue weighted by atomic mass is 15.0. The molecule has 12 aromatic rings. The van der Waals surface area contributed by atoms with E-state index in [0.717, 1.165) is 22.1 Å². The van der Waals surface area contributed by atoms with E-state index < -0.39 is 0 Å². The van der Waals surface area contributed by atoms with E-state index in [9.17, 15) is 0 Å². The van der Waals surface area contributed by atoms with Crippen molar-refractivity contribution in [1.82, 2.24) is 9.38 Å². The largest absolute Gasteiger partial charge is 0.292 e. The predicted molar refractivity (Wildman–Crippen MR) is 242 cm³/mol. The van der Waals surface area contributed by atoms with E-state index in [1.165, 1.54) is 93.1 Å². The average Bonchev–Trinajstić information content (AvgIpc) is 3.68. The summed E-state index contributed by atoms with van der Waals surface area (Å²) < 4.78 is 2.31. The third-order valence-corrected chi connectivity index (χ3v) is 11.9. The van der Waals surface area contributed by atoms with Gasteiger partial charge in [-0.1, -0.05) is 158 Å². The van der Waals surface area contributed by atoms with Gasteiger partial charge >= 0.3 is 0 Å². The highest BCUT2D eigenvalue weighted by molar-refractivity contribution is 6.22. The third kappa shape index (κ3) is 4.94. The maximum Gasteiger partial charge on any atom is 0.146 e. The fourth-order valence-corrected chi connectivity index (χ4v) is 9.30. The summed E-state index contributed by atoms with van der Waals surface area (Å²) in [4.78, 5) is 5.14. The topological polar surface area (TPSA) is 17.3 Å². The zero-order valence-corrected chi connectivity index (χ0v) is 31.0. The molecule has 12 rings (SSSR count). The van der Waals surface area contributed by atoms with Crippen molar-refractivity contribution in [3.8, 4) is 44.5 Å². The van der Waals surface area contributed by atoms with E-state index >= 15 is 0 Å². The number of nitrogens with zero attached hydrogens (tertiary/aromatic N) is 2. The number of para-hydroxylation sites is 3. The van der Waals surface area contributed by atoms with Crippen LogP contribution >= 0.6 is 0 Å². The first kappa shape index (κ1) is 31.8. The van der Waals surface area contributed by atoms with E-state index in [4.69, 9.17) is 4.98 Å². The molecular formula is C55H34N2. The fourth-order valence-electron chi connectivity index (χ4n) is 9.30. The summed E-state index contributed by atoms with van der Waals surface area (Å²) in [7, 11) is 0. The molecule has 2 heteroatoms. The van der Waals surface area contributed by atoms with Crippen molar-refractivity contribution in [3.05, 3.63) is 206 Å². The monoisotopic (exact) mass is 722 g/mol. The molecule has 2 aromatic heterocycles. The van der Waals surface area contributed by atoms with Crippen LogP contribution in [0.3, 0.4) is 0 Å². The first-order valence-corrected chi connectivity index (χ1v) is 19.6. The summed E-state index contributed by atoms with van der Waals surface area (Å²) in [6.07, 6.45) is 0. The molecule has 0 aliphatic heterocycles. The Balaban J connectivity index is 1.11. The molecule has 57 heavy (non-hydrogen) atoms. The number of pyridine rings is 1. The number of rotatable bonds is 4. The molecule has 0 unspecified atom stereocenters. The highest BCUT2D eigenvalue weighted by Crippen LogP contribution is 2.46. The second kappa shape index (κ2) is 12.5. The highest BCUT2D eigenvalue weighted by Gasteiger charge is 2.19. The van der Waals surface area contributed by atoms with E-state index in [2.05, 4.69) is 211 Å². The van der Waals surface area contributed by atoms with Crippen LogP contribution in [0.15, 0.2) is 206 Å². The summed E-state index contributed by atoms with van der Waals surface area (Å²) in [5.74, 6) is 0. The number of fused-ring (bicyclic) bond motifs is 11. The lowest BCUT2D eigenvalue weighted by atomic mass is 9.84. The molecule has 0 radical (unpaired) electrons. The Kier molecular flexibility index (Phi) is 6.96. The Morgan fingerprint density at radius 3 is 1.67 bits per heavy atom. The van der Waals surface area contributed by atoms with Crippen molar-refractivity contribution in [2.75, 3.05) is 0 Å². The van der Waals surface area contributed by atoms with Gasteiger partial charge in [0.1, 0.15) is 5.65 Å². The summed E-state index contributed by atoms with van der Waals surface area (Å²) in [6.45, 7) is 0. The van der Waals surface area contributed by atoms with E-state index in [-0.39, 0.29) is 0 Å². The zero-order chi connectivity index (χ0) is 37.5. The summed E-state index contributed by atoms with van der Waals surface area (Å²) >= 11 is 0. The molecule has 0 bridgehead atoms. The van der Waals surface area contributed by atoms with Crippen LogP contribution in [0.5, 0.6) is 0 Å². The second-order valence-electron chi connectivity index (χ2n) is 15.1. The van der Waals surface area contributed by atoms with Crippen molar-refractivity contribution in [2.24, 2.45) is 0 Å². The van der Waals surface area contributed by atoms with E-state index in [0.29, 0.717) is 0 Å². The van der Waals surface area contributed by atoms with Gasteiger partial charge in [0.05, 0.1) is 16.6 Å². The van der Waals surface area contributed by atoms with Gasteiger partial charge in [0.15, 0.2) is 0 Å². The van der Waals surface area contributed by atoms with Crippen LogP contribution in [-0.4, -0.2) is 9.38 Å². The second-order valence-corrected chi connectivity index (χ2v) is 15.1. The van der Waals surface area contributed by atoms with Gasteiger partial charge in [-0.15, -0.1) is 0 Å². The number of imidazole rings is 1. The van der Waals surface area contributed by atoms with Crippen molar-refractivity contribution in [2.45, 2.75) is 0 Å². The SMILES string of the molecule is c1ccc(-c2ccc3c(-c4ccc5ccccc5c4)c4ccccc4c(-c4cccc(-c5ccc6c(c5)c5ccccc5n5c7ccccc7nc65)c4)c3c2)cc1. The molecule has 10 aromatic carbocycles. The lowest BCUT2D eigenvalue weighted by Gasteiger charge is -2.19. The van der Waals surface area contributed by atoms with Crippen LogP contribution in [0.2, 0.25) is 0 Å². The Labute approximate surface area is 329 Å². The molecule has 0 aliphatic rings. The van der Waals surface area contributed by atoms with Gasteiger partial charge in [0, 0.05) is 10.8 Å². The summed E-state index contributed by atoms with van der Waals surface area (Å²) in [5.41, 5.74) is 14.0. The number of aromatic nitrogens is 2. The molecule has 0 spiro atoms. The van der Waals surface area contributed by atoms with Crippen molar-refractivity contribution >= 4 is 70.7 Å². The first-order valence-electron chi connectivity index (χ1n) is 19.6. The predicted octanol–water partition coefficient (Wildman–Crippen LogP) is 14.9. The molecule has 0 aliphatic carbocycles. The normalized spacial score (nSPS) is 11.9. The van der Waals surface area contributed by atoms with Crippen LogP contribution in [0.25, 0.3) is 115 Å². The van der Waals surface area contributed by atoms with Crippen molar-refractivity contribution in [3.63, 3.8) is 0 Å². The minimum absolute atomic E-state index is 0.990. The smallest absolute Gasteiger partial charge is 0.146 e. The molecule has 0 saturated carbocycles. The van der Waals surface area contributed by atoms with Gasteiger partial charge < -0.3 is 0 Å². The van der Waals surface area contributed by atoms with Crippen LogP contribution in [0, 0.1) is 0 Å². The Hall–Kier alpha value is -7.55. The van der Waals surface area contributed by atoms with Crippen molar-refractivity contribution in [1.29, 1.82) is 0 Å². The summed E-state index contributed by atoms with van der Waals surface area (Å²) in [6, 6.07) is 75.5. The van der Waals surface area contributed by atoms with E-state index in [1.807, 2.05) is 0 Å². The molecule has 0 saturated heterocycles. The number of hydrogen-bond donors (Lipinski definition) is 0. The lowest BCUT2D eigenvalue weighted by molar-refractivity contribution is 1.31. The van der Waals surface area contributed by atoms with E-state index in [1.54, 1.807) is 0 Å². The average molecular weight is 723 g/mol. The summed E-state index contributed by atoms with van der Waals surface area (Å²) in [5, 5.41) is 11.1. The Morgan fingerprint density at radius 1 is 0.281 bits per heavy atom. The Morgan fingerprint density at radius 2 is 0.825 bits per heavy atom. The van der Waals surface area contributed by atoms with Gasteiger partial charge in [-0.05, 0) is 131 Å².